The Morgan fingerprint density at radius 3 is 1.64 bits per heavy atom. The fraction of sp³-hybridized carbons (Fsp3) is 1.00. The van der Waals surface area contributed by atoms with Crippen LogP contribution >= 0.6 is 0 Å². The van der Waals surface area contributed by atoms with E-state index in [2.05, 4.69) is 0 Å². The number of hydrogen-bond acceptors (Lipinski definition) is 5. The Bertz CT molecular complexity index is 150. The number of aliphatic hydroxyl groups excluding tert-OH is 5. The predicted molar refractivity (Wildman–Crippen MR) is 50.6 cm³/mol. The van der Waals surface area contributed by atoms with Gasteiger partial charge in [-0.25, -0.2) is 0 Å². The molecule has 0 heterocycles. The first kappa shape index (κ1) is 13.8. The summed E-state index contributed by atoms with van der Waals surface area (Å²) in [6, 6.07) is 0. The molecule has 4 atom stereocenters. The van der Waals surface area contributed by atoms with Crippen LogP contribution in [0.25, 0.3) is 0 Å². The molecule has 0 unspecified atom stereocenters. The lowest BCUT2D eigenvalue weighted by molar-refractivity contribution is -0.118. The third-order valence-electron chi connectivity index (χ3n) is 2.04. The minimum atomic E-state index is -1.52. The Balaban J connectivity index is 4.09. The van der Waals surface area contributed by atoms with Crippen LogP contribution in [0.4, 0.5) is 0 Å². The largest absolute Gasteiger partial charge is 0.394 e. The molecule has 86 valence electrons. The van der Waals surface area contributed by atoms with E-state index in [1.165, 1.54) is 0 Å². The molecule has 0 spiro atoms. The molecule has 5 nitrogen and oxygen atoms in total. The van der Waals surface area contributed by atoms with E-state index in [0.717, 1.165) is 0 Å². The molecule has 0 amide bonds. The second kappa shape index (κ2) is 6.31. The van der Waals surface area contributed by atoms with Crippen molar-refractivity contribution in [1.29, 1.82) is 0 Å². The van der Waals surface area contributed by atoms with Crippen molar-refractivity contribution in [1.82, 2.24) is 0 Å². The van der Waals surface area contributed by atoms with Gasteiger partial charge >= 0.3 is 0 Å². The molecule has 14 heavy (non-hydrogen) atoms. The average Bonchev–Trinajstić information content (AvgIpc) is 2.13. The van der Waals surface area contributed by atoms with Gasteiger partial charge in [0.25, 0.3) is 0 Å². The van der Waals surface area contributed by atoms with E-state index in [-0.39, 0.29) is 5.92 Å². The molecule has 0 aromatic rings. The highest BCUT2D eigenvalue weighted by Crippen LogP contribution is 2.12. The van der Waals surface area contributed by atoms with Gasteiger partial charge in [0.1, 0.15) is 18.3 Å². The van der Waals surface area contributed by atoms with Gasteiger partial charge < -0.3 is 25.5 Å². The minimum Gasteiger partial charge on any atom is -0.394 e. The Hall–Kier alpha value is -0.200. The third kappa shape index (κ3) is 4.34. The smallest absolute Gasteiger partial charge is 0.110 e. The zero-order valence-corrected chi connectivity index (χ0v) is 8.54. The molecule has 0 saturated carbocycles. The molecule has 0 aliphatic heterocycles. The molecule has 0 bridgehead atoms. The summed E-state index contributed by atoms with van der Waals surface area (Å²) in [7, 11) is 0. The Morgan fingerprint density at radius 2 is 1.29 bits per heavy atom. The first-order valence-electron chi connectivity index (χ1n) is 4.73. The van der Waals surface area contributed by atoms with Gasteiger partial charge in [-0.1, -0.05) is 13.8 Å². The van der Waals surface area contributed by atoms with Crippen LogP contribution in [0.3, 0.4) is 0 Å². The maximum atomic E-state index is 9.40. The second-order valence-corrected chi connectivity index (χ2v) is 3.93. The molecule has 5 N–H and O–H groups in total. The van der Waals surface area contributed by atoms with Crippen LogP contribution in [0.5, 0.6) is 0 Å². The summed E-state index contributed by atoms with van der Waals surface area (Å²) in [4.78, 5) is 0. The van der Waals surface area contributed by atoms with Gasteiger partial charge in [-0.3, -0.25) is 0 Å². The van der Waals surface area contributed by atoms with Crippen molar-refractivity contribution in [3.8, 4) is 0 Å². The number of aliphatic hydroxyl groups is 5. The molecule has 5 heteroatoms. The van der Waals surface area contributed by atoms with Crippen LogP contribution in [0.2, 0.25) is 0 Å². The van der Waals surface area contributed by atoms with Crippen molar-refractivity contribution < 1.29 is 25.5 Å². The summed E-state index contributed by atoms with van der Waals surface area (Å²) in [6.07, 6.45) is -5.14. The highest BCUT2D eigenvalue weighted by Gasteiger charge is 2.29. The van der Waals surface area contributed by atoms with E-state index >= 15 is 0 Å². The molecule has 0 aromatic heterocycles. The quantitative estimate of drug-likeness (QED) is 0.364. The molecule has 0 aliphatic rings. The van der Waals surface area contributed by atoms with Crippen LogP contribution in [-0.4, -0.2) is 56.6 Å². The highest BCUT2D eigenvalue weighted by molar-refractivity contribution is 4.80. The summed E-state index contributed by atoms with van der Waals surface area (Å²) in [5.41, 5.74) is 0. The lowest BCUT2D eigenvalue weighted by Gasteiger charge is -2.26. The molecule has 0 fully saturated rings. The number of hydrogen-bond donors (Lipinski definition) is 5. The van der Waals surface area contributed by atoms with Crippen LogP contribution in [0.15, 0.2) is 0 Å². The summed E-state index contributed by atoms with van der Waals surface area (Å²) >= 11 is 0. The maximum absolute atomic E-state index is 9.40. The van der Waals surface area contributed by atoms with E-state index in [1.54, 1.807) is 0 Å². The van der Waals surface area contributed by atoms with Gasteiger partial charge in [-0.15, -0.1) is 0 Å². The molecule has 0 radical (unpaired) electrons. The molecular formula is C9H20O5. The van der Waals surface area contributed by atoms with E-state index in [0.29, 0.717) is 6.42 Å². The predicted octanol–water partition coefficient (Wildman–Crippen LogP) is -1.53. The molecule has 0 rings (SSSR count). The van der Waals surface area contributed by atoms with Crippen molar-refractivity contribution in [3.63, 3.8) is 0 Å². The Morgan fingerprint density at radius 1 is 0.857 bits per heavy atom. The van der Waals surface area contributed by atoms with Crippen molar-refractivity contribution in [2.24, 2.45) is 5.92 Å². The summed E-state index contributed by atoms with van der Waals surface area (Å²) in [6.45, 7) is 3.09. The van der Waals surface area contributed by atoms with E-state index in [1.807, 2.05) is 13.8 Å². The van der Waals surface area contributed by atoms with E-state index in [9.17, 15) is 15.3 Å². The lowest BCUT2D eigenvalue weighted by Crippen LogP contribution is -2.46. The molecule has 0 aromatic carbocycles. The average molecular weight is 208 g/mol. The van der Waals surface area contributed by atoms with Crippen LogP contribution < -0.4 is 0 Å². The molecule has 0 aliphatic carbocycles. The SMILES string of the molecule is CC(C)C[C@H](O)[C@@H](O)[C@H](O)[C@H](O)CO. The van der Waals surface area contributed by atoms with Crippen LogP contribution in [0, 0.1) is 5.92 Å². The molecule has 0 saturated heterocycles. The molecular weight excluding hydrogens is 188 g/mol. The van der Waals surface area contributed by atoms with Gasteiger partial charge in [0.15, 0.2) is 0 Å². The third-order valence-corrected chi connectivity index (χ3v) is 2.04. The van der Waals surface area contributed by atoms with Crippen molar-refractivity contribution in [2.45, 2.75) is 44.7 Å². The van der Waals surface area contributed by atoms with E-state index in [4.69, 9.17) is 10.2 Å². The topological polar surface area (TPSA) is 101 Å². The zero-order chi connectivity index (χ0) is 11.3. The lowest BCUT2D eigenvalue weighted by atomic mass is 9.96. The Kier molecular flexibility index (Phi) is 6.22. The van der Waals surface area contributed by atoms with Crippen LogP contribution in [0.1, 0.15) is 20.3 Å². The zero-order valence-electron chi connectivity index (χ0n) is 8.54. The summed E-state index contributed by atoms with van der Waals surface area (Å²) < 4.78 is 0. The first-order chi connectivity index (χ1) is 6.40. The van der Waals surface area contributed by atoms with Crippen molar-refractivity contribution in [3.05, 3.63) is 0 Å². The van der Waals surface area contributed by atoms with Crippen molar-refractivity contribution >= 4 is 0 Å². The maximum Gasteiger partial charge on any atom is 0.110 e. The minimum absolute atomic E-state index is 0.179. The Labute approximate surface area is 83.6 Å². The van der Waals surface area contributed by atoms with Crippen LogP contribution in [-0.2, 0) is 0 Å². The fourth-order valence-corrected chi connectivity index (χ4v) is 1.19. The van der Waals surface area contributed by atoms with Gasteiger partial charge in [0, 0.05) is 0 Å². The monoisotopic (exact) mass is 208 g/mol. The highest BCUT2D eigenvalue weighted by atomic mass is 16.4. The summed E-state index contributed by atoms with van der Waals surface area (Å²) in [5, 5.41) is 45.5. The first-order valence-corrected chi connectivity index (χ1v) is 4.73. The van der Waals surface area contributed by atoms with Crippen molar-refractivity contribution in [2.75, 3.05) is 6.61 Å². The summed E-state index contributed by atoms with van der Waals surface area (Å²) in [5.74, 6) is 0.179. The fourth-order valence-electron chi connectivity index (χ4n) is 1.19. The normalized spacial score (nSPS) is 20.6. The van der Waals surface area contributed by atoms with Gasteiger partial charge in [-0.05, 0) is 12.3 Å². The van der Waals surface area contributed by atoms with Gasteiger partial charge in [-0.2, -0.15) is 0 Å². The van der Waals surface area contributed by atoms with Gasteiger partial charge in [0.2, 0.25) is 0 Å². The number of rotatable bonds is 6. The second-order valence-electron chi connectivity index (χ2n) is 3.93. The van der Waals surface area contributed by atoms with E-state index < -0.39 is 31.0 Å². The van der Waals surface area contributed by atoms with Gasteiger partial charge in [0.05, 0.1) is 12.7 Å². The standard InChI is InChI=1S/C9H20O5/c1-5(2)3-6(11)8(13)9(14)7(12)4-10/h5-14H,3-4H2,1-2H3/t6-,7+,8+,9+/m0/s1.